The van der Waals surface area contributed by atoms with Crippen LogP contribution in [0.3, 0.4) is 0 Å². The first kappa shape index (κ1) is 39.5. The maximum Gasteiger partial charge on any atom is 0.408 e. The van der Waals surface area contributed by atoms with E-state index in [1.165, 1.54) is 4.90 Å². The fraction of sp³-hybridized carbons (Fsp3) is 0.610. The summed E-state index contributed by atoms with van der Waals surface area (Å²) in [6, 6.07) is 5.38. The Morgan fingerprint density at radius 3 is 2.55 bits per heavy atom. The highest BCUT2D eigenvalue weighted by Gasteiger charge is 2.59. The van der Waals surface area contributed by atoms with Crippen LogP contribution < -0.4 is 20.1 Å². The van der Waals surface area contributed by atoms with E-state index in [1.807, 2.05) is 25.1 Å². The van der Waals surface area contributed by atoms with Crippen molar-refractivity contribution in [1.82, 2.24) is 25.2 Å². The van der Waals surface area contributed by atoms with Crippen molar-refractivity contribution in [2.24, 2.45) is 5.92 Å². The van der Waals surface area contributed by atoms with Crippen LogP contribution in [-0.4, -0.2) is 82.2 Å². The number of sulfonamides is 1. The maximum absolute atomic E-state index is 14.8. The normalized spacial score (nSPS) is 28.9. The molecule has 0 bridgehead atoms. The molecular weight excluding hydrogens is 737 g/mol. The summed E-state index contributed by atoms with van der Waals surface area (Å²) in [5.41, 5.74) is -0.651. The lowest BCUT2D eigenvalue weighted by atomic mass is 9.65. The van der Waals surface area contributed by atoms with Gasteiger partial charge in [-0.25, -0.2) is 18.2 Å². The molecule has 3 fully saturated rings. The second-order valence-corrected chi connectivity index (χ2v) is 19.8. The minimum absolute atomic E-state index is 0.0147. The molecule has 0 radical (unpaired) electrons. The molecule has 3 N–H and O–H groups in total. The van der Waals surface area contributed by atoms with Gasteiger partial charge in [0.25, 0.3) is 5.91 Å². The summed E-state index contributed by atoms with van der Waals surface area (Å²) >= 11 is 0. The Morgan fingerprint density at radius 2 is 1.88 bits per heavy atom. The van der Waals surface area contributed by atoms with E-state index in [1.54, 1.807) is 39.8 Å². The van der Waals surface area contributed by atoms with E-state index in [2.05, 4.69) is 21.4 Å². The first-order valence-electron chi connectivity index (χ1n) is 19.8. The Labute approximate surface area is 328 Å². The third-order valence-corrected chi connectivity index (χ3v) is 14.4. The summed E-state index contributed by atoms with van der Waals surface area (Å²) in [4.78, 5) is 63.1. The SMILES string of the molecule is Cc1nc2ccc(C#N)cc2c2c1OC1(CC2)CC2C(=O)NC3(C(=O)NS(=O)(=O)C4(C)CC4)CCC3C=CCCCCCC(NC(=O)OC(C)(C)C)C(=O)N2C1. The third-order valence-electron chi connectivity index (χ3n) is 12.3. The number of amides is 4. The highest BCUT2D eigenvalue weighted by atomic mass is 32.2. The molecule has 1 saturated heterocycles. The zero-order valence-electron chi connectivity index (χ0n) is 32.8. The number of aryl methyl sites for hydroxylation is 2. The summed E-state index contributed by atoms with van der Waals surface area (Å²) in [7, 11) is -4.01. The van der Waals surface area contributed by atoms with E-state index in [0.717, 1.165) is 29.3 Å². The van der Waals surface area contributed by atoms with Crippen LogP contribution in [0, 0.1) is 24.2 Å². The van der Waals surface area contributed by atoms with E-state index in [4.69, 9.17) is 14.5 Å². The van der Waals surface area contributed by atoms with Crippen LogP contribution in [0.5, 0.6) is 5.75 Å². The minimum Gasteiger partial charge on any atom is -0.483 e. The molecule has 2 saturated carbocycles. The van der Waals surface area contributed by atoms with Crippen LogP contribution in [0.1, 0.15) is 115 Å². The fourth-order valence-corrected chi connectivity index (χ4v) is 9.90. The van der Waals surface area contributed by atoms with Gasteiger partial charge in [0.15, 0.2) is 0 Å². The van der Waals surface area contributed by atoms with Crippen molar-refractivity contribution < 1.29 is 37.1 Å². The molecule has 1 spiro atoms. The summed E-state index contributed by atoms with van der Waals surface area (Å²) in [6.45, 7) is 8.66. The minimum atomic E-state index is -4.01. The summed E-state index contributed by atoms with van der Waals surface area (Å²) in [5.74, 6) is -1.79. The topological polar surface area (TPSA) is 197 Å². The molecule has 5 atom stereocenters. The number of carbonyl (C=O) groups excluding carboxylic acids is 4. The molecule has 1 aromatic carbocycles. The number of fused-ring (bicyclic) bond motifs is 5. The van der Waals surface area contributed by atoms with Crippen molar-refractivity contribution in [3.63, 3.8) is 0 Å². The lowest BCUT2D eigenvalue weighted by Crippen LogP contribution is -2.70. The molecule has 5 aliphatic rings. The largest absolute Gasteiger partial charge is 0.483 e. The van der Waals surface area contributed by atoms with Gasteiger partial charge in [-0.2, -0.15) is 5.26 Å². The number of ether oxygens (including phenoxy) is 2. The predicted octanol–water partition coefficient (Wildman–Crippen LogP) is 4.76. The predicted molar refractivity (Wildman–Crippen MR) is 207 cm³/mol. The van der Waals surface area contributed by atoms with Gasteiger partial charge >= 0.3 is 6.09 Å². The fourth-order valence-electron chi connectivity index (χ4n) is 8.58. The van der Waals surface area contributed by atoms with Crippen LogP contribution in [0.2, 0.25) is 0 Å². The number of nitriles is 1. The molecule has 14 nitrogen and oxygen atoms in total. The monoisotopic (exact) mass is 788 g/mol. The molecule has 15 heteroatoms. The number of nitrogens with zero attached hydrogens (tertiary/aromatic N) is 3. The van der Waals surface area contributed by atoms with E-state index in [9.17, 15) is 32.9 Å². The molecular formula is C41H52N6O8S. The van der Waals surface area contributed by atoms with E-state index < -0.39 is 73.3 Å². The average molecular weight is 789 g/mol. The number of allylic oxidation sites excluding steroid dienone is 1. The second-order valence-electron chi connectivity index (χ2n) is 17.6. The molecule has 56 heavy (non-hydrogen) atoms. The Kier molecular flexibility index (Phi) is 10.1. The highest BCUT2D eigenvalue weighted by Crippen LogP contribution is 2.47. The number of hydrogen-bond acceptors (Lipinski definition) is 10. The smallest absolute Gasteiger partial charge is 0.408 e. The zero-order chi connectivity index (χ0) is 40.3. The Hall–Kier alpha value is -4.71. The summed E-state index contributed by atoms with van der Waals surface area (Å²) in [6.07, 6.45) is 8.97. The summed E-state index contributed by atoms with van der Waals surface area (Å²) < 4.78 is 40.3. The second kappa shape index (κ2) is 14.3. The number of nitrogens with one attached hydrogen (secondary N) is 3. The Bertz CT molecular complexity index is 2150. The zero-order valence-corrected chi connectivity index (χ0v) is 33.6. The number of hydrogen-bond donors (Lipinski definition) is 3. The summed E-state index contributed by atoms with van der Waals surface area (Å²) in [5, 5.41) is 16.2. The van der Waals surface area contributed by atoms with Crippen LogP contribution in [0.15, 0.2) is 30.4 Å². The first-order chi connectivity index (χ1) is 26.4. The van der Waals surface area contributed by atoms with Crippen molar-refractivity contribution in [2.45, 2.75) is 145 Å². The lowest BCUT2D eigenvalue weighted by molar-refractivity contribution is -0.144. The van der Waals surface area contributed by atoms with Gasteiger partial charge in [-0.05, 0) is 111 Å². The Morgan fingerprint density at radius 1 is 1.11 bits per heavy atom. The van der Waals surface area contributed by atoms with E-state index >= 15 is 0 Å². The average Bonchev–Trinajstić information content (AvgIpc) is 3.79. The quantitative estimate of drug-likeness (QED) is 0.364. The van der Waals surface area contributed by atoms with Gasteiger partial charge in [0, 0.05) is 23.3 Å². The molecule has 5 unspecified atom stereocenters. The number of carbonyl (C=O) groups is 4. The number of benzene rings is 1. The number of pyridine rings is 1. The van der Waals surface area contributed by atoms with Gasteiger partial charge < -0.3 is 25.0 Å². The maximum atomic E-state index is 14.8. The molecule has 300 valence electrons. The first-order valence-corrected chi connectivity index (χ1v) is 21.2. The van der Waals surface area contributed by atoms with Crippen molar-refractivity contribution >= 4 is 44.7 Å². The van der Waals surface area contributed by atoms with Gasteiger partial charge in [0.1, 0.15) is 34.6 Å². The van der Waals surface area contributed by atoms with Gasteiger partial charge in [-0.3, -0.25) is 19.1 Å². The number of rotatable bonds is 4. The number of alkyl carbamates (subject to hydrolysis) is 1. The molecule has 4 amide bonds. The Balaban J connectivity index is 1.26. The molecule has 3 aliphatic heterocycles. The van der Waals surface area contributed by atoms with E-state index in [-0.39, 0.29) is 19.4 Å². The standard InChI is InChI=1S/C41H52N6O8S/c1-25-33-28(29-21-26(23-42)13-14-30(29)43-25)16-17-40(54-33)22-32-34(48)45-41(36(50)46-56(52,53)39(5)19-20-39)18-15-27(41)11-9-7-6-8-10-12-31(35(49)47(32)24-40)44-37(51)55-38(2,3)4/h9,11,13-14,21,27,31-32H,6-8,10,12,15-20,22,24H2,1-5H3,(H,44,51)(H,45,48)(H,46,50). The molecule has 1 aromatic heterocycles. The lowest BCUT2D eigenvalue weighted by Gasteiger charge is -2.48. The van der Waals surface area contributed by atoms with Gasteiger partial charge in [-0.1, -0.05) is 25.0 Å². The molecule has 7 rings (SSSR count). The van der Waals surface area contributed by atoms with Crippen LogP contribution in [0.25, 0.3) is 10.9 Å². The van der Waals surface area contributed by atoms with Gasteiger partial charge in [-0.15, -0.1) is 0 Å². The van der Waals surface area contributed by atoms with Crippen molar-refractivity contribution in [3.8, 4) is 11.8 Å². The van der Waals surface area contributed by atoms with Crippen LogP contribution in [-0.2, 0) is 35.6 Å². The highest BCUT2D eigenvalue weighted by molar-refractivity contribution is 7.91. The molecule has 4 heterocycles. The van der Waals surface area contributed by atoms with Crippen molar-refractivity contribution in [3.05, 3.63) is 47.2 Å². The van der Waals surface area contributed by atoms with Crippen molar-refractivity contribution in [2.75, 3.05) is 6.54 Å². The van der Waals surface area contributed by atoms with Gasteiger partial charge in [0.05, 0.1) is 34.1 Å². The van der Waals surface area contributed by atoms with Crippen LogP contribution >= 0.6 is 0 Å². The molecule has 2 aliphatic carbocycles. The number of aromatic nitrogens is 1. The van der Waals surface area contributed by atoms with Crippen LogP contribution in [0.4, 0.5) is 4.79 Å². The third kappa shape index (κ3) is 7.44. The molecule has 2 aromatic rings. The van der Waals surface area contributed by atoms with E-state index in [0.29, 0.717) is 68.4 Å². The van der Waals surface area contributed by atoms with Crippen molar-refractivity contribution in [1.29, 1.82) is 5.26 Å². The van der Waals surface area contributed by atoms with Gasteiger partial charge in [0.2, 0.25) is 21.8 Å².